The molecule has 2 heterocycles. The smallest absolute Gasteiger partial charge is 0.173 e. The Kier molecular flexibility index (Phi) is 2.57. The lowest BCUT2D eigenvalue weighted by molar-refractivity contribution is -0.672. The molecule has 1 fully saturated rings. The highest BCUT2D eigenvalue weighted by molar-refractivity contribution is 5.12. The number of piperazine rings is 1. The lowest BCUT2D eigenvalue weighted by Gasteiger charge is -2.23. The van der Waals surface area contributed by atoms with Gasteiger partial charge in [0.05, 0.1) is 6.04 Å². The highest BCUT2D eigenvalue weighted by Crippen LogP contribution is 2.10. The Morgan fingerprint density at radius 1 is 1.46 bits per heavy atom. The first-order chi connectivity index (χ1) is 6.36. The van der Waals surface area contributed by atoms with E-state index in [-0.39, 0.29) is 0 Å². The molecule has 3 heteroatoms. The average molecular weight is 178 g/mol. The van der Waals surface area contributed by atoms with Gasteiger partial charge in [0.15, 0.2) is 12.4 Å². The Morgan fingerprint density at radius 2 is 2.38 bits per heavy atom. The quantitative estimate of drug-likeness (QED) is 0.580. The second-order valence-electron chi connectivity index (χ2n) is 3.51. The van der Waals surface area contributed by atoms with Crippen molar-refractivity contribution in [1.82, 2.24) is 10.6 Å². The molecule has 1 saturated heterocycles. The lowest BCUT2D eigenvalue weighted by Crippen LogP contribution is -2.43. The fourth-order valence-corrected chi connectivity index (χ4v) is 1.71. The minimum absolute atomic E-state index is 0.473. The van der Waals surface area contributed by atoms with E-state index >= 15 is 0 Å². The Morgan fingerprint density at radius 3 is 3.08 bits per heavy atom. The van der Waals surface area contributed by atoms with E-state index in [4.69, 9.17) is 0 Å². The number of aromatic nitrogens is 1. The zero-order chi connectivity index (χ0) is 9.10. The molecule has 0 spiro atoms. The van der Waals surface area contributed by atoms with Gasteiger partial charge in [0.25, 0.3) is 0 Å². The third-order valence-corrected chi connectivity index (χ3v) is 2.41. The molecule has 0 bridgehead atoms. The second-order valence-corrected chi connectivity index (χ2v) is 3.51. The van der Waals surface area contributed by atoms with E-state index in [0.29, 0.717) is 6.04 Å². The fourth-order valence-electron chi connectivity index (χ4n) is 1.71. The van der Waals surface area contributed by atoms with Crippen LogP contribution in [0.4, 0.5) is 0 Å². The number of aryl methyl sites for hydroxylation is 1. The summed E-state index contributed by atoms with van der Waals surface area (Å²) in [6, 6.07) is 4.73. The number of hydrogen-bond donors (Lipinski definition) is 2. The minimum atomic E-state index is 0.473. The predicted octanol–water partition coefficient (Wildman–Crippen LogP) is -0.255. The van der Waals surface area contributed by atoms with Gasteiger partial charge < -0.3 is 10.6 Å². The molecule has 0 radical (unpaired) electrons. The molecule has 2 rings (SSSR count). The third-order valence-electron chi connectivity index (χ3n) is 2.41. The van der Waals surface area contributed by atoms with Gasteiger partial charge in [0.2, 0.25) is 0 Å². The van der Waals surface area contributed by atoms with E-state index in [1.165, 1.54) is 5.56 Å². The summed E-state index contributed by atoms with van der Waals surface area (Å²) in [4.78, 5) is 0. The Hall–Kier alpha value is -0.930. The molecule has 0 aromatic carbocycles. The van der Waals surface area contributed by atoms with Gasteiger partial charge in [-0.3, -0.25) is 0 Å². The monoisotopic (exact) mass is 178 g/mol. The summed E-state index contributed by atoms with van der Waals surface area (Å²) in [5, 5.41) is 6.87. The summed E-state index contributed by atoms with van der Waals surface area (Å²) in [6.07, 6.45) is 4.23. The van der Waals surface area contributed by atoms with Crippen LogP contribution < -0.4 is 15.2 Å². The molecule has 3 nitrogen and oxygen atoms in total. The Balaban J connectivity index is 2.14. The van der Waals surface area contributed by atoms with Gasteiger partial charge in [-0.15, -0.1) is 0 Å². The first-order valence-electron chi connectivity index (χ1n) is 4.75. The van der Waals surface area contributed by atoms with E-state index in [2.05, 4.69) is 46.8 Å². The summed E-state index contributed by atoms with van der Waals surface area (Å²) in [5.74, 6) is 0. The van der Waals surface area contributed by atoms with Gasteiger partial charge in [0, 0.05) is 31.3 Å². The van der Waals surface area contributed by atoms with Gasteiger partial charge in [-0.25, -0.2) is 4.57 Å². The lowest BCUT2D eigenvalue weighted by atomic mass is 10.1. The van der Waals surface area contributed by atoms with Crippen LogP contribution in [0.1, 0.15) is 11.6 Å². The molecule has 1 aromatic heterocycles. The van der Waals surface area contributed by atoms with Gasteiger partial charge in [-0.2, -0.15) is 0 Å². The van der Waals surface area contributed by atoms with Crippen LogP contribution >= 0.6 is 0 Å². The van der Waals surface area contributed by atoms with Gasteiger partial charge in [0.1, 0.15) is 7.05 Å². The minimum Gasteiger partial charge on any atom is -0.314 e. The molecule has 1 aliphatic heterocycles. The maximum Gasteiger partial charge on any atom is 0.173 e. The van der Waals surface area contributed by atoms with Crippen LogP contribution in [0.3, 0.4) is 0 Å². The summed E-state index contributed by atoms with van der Waals surface area (Å²) < 4.78 is 2.09. The highest BCUT2D eigenvalue weighted by Gasteiger charge is 2.15. The average Bonchev–Trinajstić information content (AvgIpc) is 2.19. The van der Waals surface area contributed by atoms with Crippen LogP contribution in [0.5, 0.6) is 0 Å². The van der Waals surface area contributed by atoms with E-state index in [1.54, 1.807) is 0 Å². The maximum absolute atomic E-state index is 3.49. The van der Waals surface area contributed by atoms with Gasteiger partial charge >= 0.3 is 0 Å². The van der Waals surface area contributed by atoms with Crippen molar-refractivity contribution in [3.63, 3.8) is 0 Å². The molecule has 1 atom stereocenters. The van der Waals surface area contributed by atoms with Crippen LogP contribution in [0.25, 0.3) is 0 Å². The van der Waals surface area contributed by atoms with E-state index < -0.39 is 0 Å². The molecule has 13 heavy (non-hydrogen) atoms. The third kappa shape index (κ3) is 2.05. The van der Waals surface area contributed by atoms with Crippen LogP contribution in [0.15, 0.2) is 24.5 Å². The molecule has 0 saturated carbocycles. The molecule has 1 aromatic rings. The first kappa shape index (κ1) is 8.66. The summed E-state index contributed by atoms with van der Waals surface area (Å²) in [7, 11) is 2.06. The van der Waals surface area contributed by atoms with E-state index in [0.717, 1.165) is 19.6 Å². The van der Waals surface area contributed by atoms with E-state index in [1.807, 2.05) is 0 Å². The van der Waals surface area contributed by atoms with Crippen molar-refractivity contribution in [1.29, 1.82) is 0 Å². The number of rotatable bonds is 1. The van der Waals surface area contributed by atoms with Crippen molar-refractivity contribution in [2.75, 3.05) is 19.6 Å². The molecule has 2 N–H and O–H groups in total. The van der Waals surface area contributed by atoms with Crippen molar-refractivity contribution in [3.8, 4) is 0 Å². The molecule has 0 amide bonds. The van der Waals surface area contributed by atoms with Crippen LogP contribution in [-0.2, 0) is 7.05 Å². The van der Waals surface area contributed by atoms with Crippen molar-refractivity contribution in [3.05, 3.63) is 30.1 Å². The largest absolute Gasteiger partial charge is 0.314 e. The van der Waals surface area contributed by atoms with Crippen LogP contribution in [0.2, 0.25) is 0 Å². The molecule has 70 valence electrons. The second kappa shape index (κ2) is 3.85. The Bertz CT molecular complexity index is 279. The van der Waals surface area contributed by atoms with Crippen molar-refractivity contribution >= 4 is 0 Å². The van der Waals surface area contributed by atoms with Crippen molar-refractivity contribution < 1.29 is 4.57 Å². The number of nitrogens with zero attached hydrogens (tertiary/aromatic N) is 1. The van der Waals surface area contributed by atoms with E-state index in [9.17, 15) is 0 Å². The van der Waals surface area contributed by atoms with Crippen molar-refractivity contribution in [2.24, 2.45) is 7.05 Å². The zero-order valence-electron chi connectivity index (χ0n) is 7.96. The Labute approximate surface area is 78.8 Å². The number of nitrogens with one attached hydrogen (secondary N) is 2. The van der Waals surface area contributed by atoms with Crippen molar-refractivity contribution in [2.45, 2.75) is 6.04 Å². The van der Waals surface area contributed by atoms with Gasteiger partial charge in [-0.1, -0.05) is 0 Å². The molecule has 1 unspecified atom stereocenters. The van der Waals surface area contributed by atoms with Gasteiger partial charge in [-0.05, 0) is 6.07 Å². The standard InChI is InChI=1S/C10H16N3/c1-13-6-2-3-9(8-13)10-7-11-4-5-12-10/h2-3,6,8,10-12H,4-5,7H2,1H3/q+1. The predicted molar refractivity (Wildman–Crippen MR) is 51.2 cm³/mol. The SMILES string of the molecule is C[n+]1cccc(C2CNCCN2)c1. The number of pyridine rings is 1. The normalized spacial score (nSPS) is 23.0. The summed E-state index contributed by atoms with van der Waals surface area (Å²) >= 11 is 0. The number of hydrogen-bond acceptors (Lipinski definition) is 2. The van der Waals surface area contributed by atoms with Crippen LogP contribution in [0, 0.1) is 0 Å². The molecular formula is C10H16N3+. The first-order valence-corrected chi connectivity index (χ1v) is 4.75. The highest BCUT2D eigenvalue weighted by atomic mass is 15.1. The fraction of sp³-hybridized carbons (Fsp3) is 0.500. The zero-order valence-corrected chi connectivity index (χ0v) is 7.96. The molecule has 1 aliphatic rings. The maximum atomic E-state index is 3.49. The summed E-state index contributed by atoms with van der Waals surface area (Å²) in [6.45, 7) is 3.17. The molecule has 0 aliphatic carbocycles. The summed E-state index contributed by atoms with van der Waals surface area (Å²) in [5.41, 5.74) is 1.36. The van der Waals surface area contributed by atoms with Crippen LogP contribution in [-0.4, -0.2) is 19.6 Å². The molecular weight excluding hydrogens is 162 g/mol. The topological polar surface area (TPSA) is 27.9 Å².